The standard InChI is InChI=1S/C10H12BrN3O2.C6H5Cl.C3H8O.C2H6/c1-6-2-3-7-8(12-6)9(16)14(4-5-15)10(11)13-7;7-6-4-2-1-3-5-6;1-3-4-2;1-2/h5-6,12H,2-4H2,1H3;1-5H;3H2,1-2H3;1-2H3. The van der Waals surface area contributed by atoms with E-state index >= 15 is 0 Å². The summed E-state index contributed by atoms with van der Waals surface area (Å²) >= 11 is 8.75. The van der Waals surface area contributed by atoms with Crippen molar-refractivity contribution in [1.29, 1.82) is 0 Å². The second-order valence-corrected chi connectivity index (χ2v) is 6.89. The maximum atomic E-state index is 12.0. The monoisotopic (exact) mass is 487 g/mol. The molecule has 2 aromatic rings. The number of aldehydes is 1. The summed E-state index contributed by atoms with van der Waals surface area (Å²) in [6, 6.07) is 9.72. The molecule has 2 heterocycles. The van der Waals surface area contributed by atoms with Crippen LogP contribution < -0.4 is 10.9 Å². The van der Waals surface area contributed by atoms with Crippen LogP contribution in [0.3, 0.4) is 0 Å². The molecule has 29 heavy (non-hydrogen) atoms. The SMILES string of the molecule is CC.CC1CCc2nc(Br)n(CC=O)c(=O)c2N1.CCOC.Clc1ccccc1. The predicted molar refractivity (Wildman–Crippen MR) is 124 cm³/mol. The highest BCUT2D eigenvalue weighted by molar-refractivity contribution is 9.10. The summed E-state index contributed by atoms with van der Waals surface area (Å²) in [6.07, 6.45) is 2.44. The number of carbonyl (C=O) groups excluding carboxylic acids is 1. The number of hydrogen-bond donors (Lipinski definition) is 1. The molecule has 162 valence electrons. The number of ether oxygens (including phenoxy) is 1. The second kappa shape index (κ2) is 16.1. The third-order valence-electron chi connectivity index (χ3n) is 3.68. The number of rotatable bonds is 3. The van der Waals surface area contributed by atoms with Gasteiger partial charge in [0.2, 0.25) is 0 Å². The minimum absolute atomic E-state index is 0.0236. The van der Waals surface area contributed by atoms with Gasteiger partial charge in [-0.3, -0.25) is 9.36 Å². The average Bonchev–Trinajstić information content (AvgIpc) is 2.74. The number of carbonyl (C=O) groups is 1. The lowest BCUT2D eigenvalue weighted by Gasteiger charge is -2.23. The Kier molecular flexibility index (Phi) is 15.2. The maximum Gasteiger partial charge on any atom is 0.278 e. The number of nitrogens with one attached hydrogen (secondary N) is 1. The van der Waals surface area contributed by atoms with Crippen molar-refractivity contribution in [1.82, 2.24) is 9.55 Å². The van der Waals surface area contributed by atoms with Crippen LogP contribution in [0.4, 0.5) is 5.69 Å². The molecular weight excluding hydrogens is 458 g/mol. The molecule has 3 rings (SSSR count). The Morgan fingerprint density at radius 2 is 1.93 bits per heavy atom. The van der Waals surface area contributed by atoms with E-state index in [4.69, 9.17) is 11.6 Å². The van der Waals surface area contributed by atoms with Gasteiger partial charge in [-0.1, -0.05) is 43.6 Å². The van der Waals surface area contributed by atoms with Gasteiger partial charge >= 0.3 is 0 Å². The van der Waals surface area contributed by atoms with Crippen molar-refractivity contribution in [2.24, 2.45) is 0 Å². The highest BCUT2D eigenvalue weighted by Gasteiger charge is 2.21. The normalized spacial score (nSPS) is 13.7. The zero-order chi connectivity index (χ0) is 22.2. The van der Waals surface area contributed by atoms with E-state index in [1.54, 1.807) is 7.11 Å². The topological polar surface area (TPSA) is 73.2 Å². The number of fused-ring (bicyclic) bond motifs is 1. The third kappa shape index (κ3) is 10.1. The Hall–Kier alpha value is -1.70. The average molecular weight is 489 g/mol. The van der Waals surface area contributed by atoms with Crippen molar-refractivity contribution in [3.05, 3.63) is 56.1 Å². The number of benzene rings is 1. The van der Waals surface area contributed by atoms with Crippen LogP contribution in [0.25, 0.3) is 0 Å². The van der Waals surface area contributed by atoms with Crippen LogP contribution in [0.2, 0.25) is 5.02 Å². The molecule has 0 spiro atoms. The molecule has 1 aliphatic heterocycles. The van der Waals surface area contributed by atoms with Crippen LogP contribution >= 0.6 is 27.5 Å². The predicted octanol–water partition coefficient (Wildman–Crippen LogP) is 4.97. The van der Waals surface area contributed by atoms with Gasteiger partial charge in [-0.25, -0.2) is 4.98 Å². The van der Waals surface area contributed by atoms with E-state index in [0.29, 0.717) is 16.7 Å². The molecule has 0 radical (unpaired) electrons. The first-order valence-corrected chi connectivity index (χ1v) is 10.8. The molecule has 1 unspecified atom stereocenters. The number of aryl methyl sites for hydroxylation is 1. The molecule has 0 saturated heterocycles. The quantitative estimate of drug-likeness (QED) is 0.488. The summed E-state index contributed by atoms with van der Waals surface area (Å²) in [5.41, 5.74) is 1.12. The second-order valence-electron chi connectivity index (χ2n) is 5.74. The molecule has 0 fully saturated rings. The van der Waals surface area contributed by atoms with Crippen molar-refractivity contribution < 1.29 is 9.53 Å². The fourth-order valence-electron chi connectivity index (χ4n) is 2.21. The molecule has 0 saturated carbocycles. The zero-order valence-electron chi connectivity index (χ0n) is 17.7. The fraction of sp³-hybridized carbons (Fsp3) is 0.476. The van der Waals surface area contributed by atoms with Gasteiger partial charge in [0, 0.05) is 24.8 Å². The first-order valence-electron chi connectivity index (χ1n) is 9.63. The van der Waals surface area contributed by atoms with Gasteiger partial charge in [0.15, 0.2) is 4.73 Å². The Morgan fingerprint density at radius 1 is 1.34 bits per heavy atom. The highest BCUT2D eigenvalue weighted by Crippen LogP contribution is 2.21. The summed E-state index contributed by atoms with van der Waals surface area (Å²) in [6.45, 7) is 8.82. The lowest BCUT2D eigenvalue weighted by molar-refractivity contribution is -0.108. The van der Waals surface area contributed by atoms with Crippen LogP contribution in [0.5, 0.6) is 0 Å². The van der Waals surface area contributed by atoms with Crippen molar-refractivity contribution >= 4 is 39.5 Å². The van der Waals surface area contributed by atoms with E-state index in [9.17, 15) is 9.59 Å². The summed E-state index contributed by atoms with van der Waals surface area (Å²) in [7, 11) is 1.68. The van der Waals surface area contributed by atoms with E-state index in [1.807, 2.05) is 58.0 Å². The minimum Gasteiger partial charge on any atom is -0.385 e. The van der Waals surface area contributed by atoms with Crippen molar-refractivity contribution in [2.45, 2.75) is 53.1 Å². The molecule has 0 aliphatic carbocycles. The van der Waals surface area contributed by atoms with E-state index in [2.05, 4.69) is 31.0 Å². The minimum atomic E-state index is -0.185. The molecule has 1 aliphatic rings. The molecule has 1 N–H and O–H groups in total. The summed E-state index contributed by atoms with van der Waals surface area (Å²) in [5, 5.41) is 3.92. The van der Waals surface area contributed by atoms with Crippen LogP contribution in [-0.2, 0) is 22.5 Å². The number of methoxy groups -OCH3 is 1. The molecule has 0 amide bonds. The lowest BCUT2D eigenvalue weighted by Crippen LogP contribution is -2.33. The molecule has 1 aromatic carbocycles. The van der Waals surface area contributed by atoms with Gasteiger partial charge in [-0.05, 0) is 54.8 Å². The summed E-state index contributed by atoms with van der Waals surface area (Å²) < 4.78 is 6.27. The number of aromatic nitrogens is 2. The van der Waals surface area contributed by atoms with Crippen LogP contribution in [0.15, 0.2) is 39.9 Å². The molecule has 1 atom stereocenters. The van der Waals surface area contributed by atoms with E-state index in [-0.39, 0.29) is 18.1 Å². The highest BCUT2D eigenvalue weighted by atomic mass is 79.9. The van der Waals surface area contributed by atoms with Crippen molar-refractivity contribution in [3.8, 4) is 0 Å². The number of anilines is 1. The Morgan fingerprint density at radius 3 is 2.38 bits per heavy atom. The van der Waals surface area contributed by atoms with E-state index < -0.39 is 0 Å². The van der Waals surface area contributed by atoms with Gasteiger partial charge in [-0.2, -0.15) is 0 Å². The molecule has 6 nitrogen and oxygen atoms in total. The molecule has 1 aromatic heterocycles. The third-order valence-corrected chi connectivity index (χ3v) is 4.54. The fourth-order valence-corrected chi connectivity index (χ4v) is 2.88. The van der Waals surface area contributed by atoms with Crippen LogP contribution in [-0.4, -0.2) is 35.6 Å². The number of nitrogens with zero attached hydrogens (tertiary/aromatic N) is 2. The zero-order valence-corrected chi connectivity index (χ0v) is 20.1. The Balaban J connectivity index is 0.000000499. The largest absolute Gasteiger partial charge is 0.385 e. The smallest absolute Gasteiger partial charge is 0.278 e. The van der Waals surface area contributed by atoms with E-state index in [0.717, 1.165) is 30.2 Å². The molecular formula is C21H31BrClN3O3. The lowest BCUT2D eigenvalue weighted by atomic mass is 10.0. The van der Waals surface area contributed by atoms with Crippen molar-refractivity contribution in [2.75, 3.05) is 19.0 Å². The molecule has 0 bridgehead atoms. The van der Waals surface area contributed by atoms with Gasteiger partial charge in [0.25, 0.3) is 5.56 Å². The van der Waals surface area contributed by atoms with Crippen LogP contribution in [0.1, 0.15) is 39.8 Å². The van der Waals surface area contributed by atoms with Crippen LogP contribution in [0, 0.1) is 0 Å². The molecule has 8 heteroatoms. The van der Waals surface area contributed by atoms with Gasteiger partial charge < -0.3 is 14.8 Å². The van der Waals surface area contributed by atoms with E-state index in [1.165, 1.54) is 4.57 Å². The summed E-state index contributed by atoms with van der Waals surface area (Å²) in [4.78, 5) is 26.8. The first kappa shape index (κ1) is 27.3. The Bertz CT molecular complexity index is 768. The van der Waals surface area contributed by atoms with Gasteiger partial charge in [0.05, 0.1) is 12.2 Å². The number of hydrogen-bond acceptors (Lipinski definition) is 5. The van der Waals surface area contributed by atoms with Gasteiger partial charge in [0.1, 0.15) is 12.0 Å². The summed E-state index contributed by atoms with van der Waals surface area (Å²) in [5.74, 6) is 0. The number of halogens is 2. The van der Waals surface area contributed by atoms with Gasteiger partial charge in [-0.15, -0.1) is 0 Å². The first-order chi connectivity index (χ1) is 13.9. The maximum absolute atomic E-state index is 12.0. The van der Waals surface area contributed by atoms with Crippen molar-refractivity contribution in [3.63, 3.8) is 0 Å². The Labute approximate surface area is 186 Å².